The van der Waals surface area contributed by atoms with Gasteiger partial charge >= 0.3 is 5.97 Å². The van der Waals surface area contributed by atoms with E-state index in [0.717, 1.165) is 11.8 Å². The third-order valence-corrected chi connectivity index (χ3v) is 3.75. The molecule has 0 aromatic heterocycles. The summed E-state index contributed by atoms with van der Waals surface area (Å²) in [7, 11) is 1.45. The highest BCUT2D eigenvalue weighted by Crippen LogP contribution is 2.21. The smallest absolute Gasteiger partial charge is 0.326 e. The molecule has 0 saturated heterocycles. The predicted molar refractivity (Wildman–Crippen MR) is 71.6 cm³/mol. The SMILES string of the molecule is CCC(C(=O)O)N(C)C(=O)CSc1ccccc1F. The molecule has 0 fully saturated rings. The fraction of sp³-hybridized carbons (Fsp3) is 0.385. The van der Waals surface area contributed by atoms with Crippen molar-refractivity contribution in [2.45, 2.75) is 24.3 Å². The molecular weight excluding hydrogens is 269 g/mol. The van der Waals surface area contributed by atoms with E-state index in [1.165, 1.54) is 18.0 Å². The van der Waals surface area contributed by atoms with Crippen molar-refractivity contribution in [1.29, 1.82) is 0 Å². The third kappa shape index (κ3) is 4.24. The molecule has 6 heteroatoms. The number of amides is 1. The molecule has 19 heavy (non-hydrogen) atoms. The van der Waals surface area contributed by atoms with E-state index in [2.05, 4.69) is 0 Å². The zero-order chi connectivity index (χ0) is 14.4. The number of carbonyl (C=O) groups is 2. The van der Waals surface area contributed by atoms with Gasteiger partial charge in [-0.2, -0.15) is 0 Å². The van der Waals surface area contributed by atoms with Crippen LogP contribution in [0.3, 0.4) is 0 Å². The average Bonchev–Trinajstić information content (AvgIpc) is 2.37. The van der Waals surface area contributed by atoms with Crippen molar-refractivity contribution < 1.29 is 19.1 Å². The minimum absolute atomic E-state index is 0.0151. The van der Waals surface area contributed by atoms with Crippen LogP contribution in [0.2, 0.25) is 0 Å². The molecular formula is C13H16FNO3S. The van der Waals surface area contributed by atoms with Gasteiger partial charge < -0.3 is 10.0 Å². The fourth-order valence-corrected chi connectivity index (χ4v) is 2.45. The van der Waals surface area contributed by atoms with Crippen molar-refractivity contribution in [3.8, 4) is 0 Å². The molecule has 1 N–H and O–H groups in total. The Morgan fingerprint density at radius 3 is 2.58 bits per heavy atom. The van der Waals surface area contributed by atoms with E-state index in [4.69, 9.17) is 5.11 Å². The number of carboxylic acids is 1. The number of halogens is 1. The van der Waals surface area contributed by atoms with Crippen LogP contribution in [0.15, 0.2) is 29.2 Å². The summed E-state index contributed by atoms with van der Waals surface area (Å²) < 4.78 is 13.4. The molecule has 1 aromatic carbocycles. The van der Waals surface area contributed by atoms with Gasteiger partial charge in [-0.25, -0.2) is 9.18 Å². The van der Waals surface area contributed by atoms with Gasteiger partial charge in [0.1, 0.15) is 11.9 Å². The molecule has 0 radical (unpaired) electrons. The van der Waals surface area contributed by atoms with E-state index >= 15 is 0 Å². The summed E-state index contributed by atoms with van der Waals surface area (Å²) in [5.74, 6) is -1.73. The van der Waals surface area contributed by atoms with E-state index in [9.17, 15) is 14.0 Å². The normalized spacial score (nSPS) is 11.9. The quantitative estimate of drug-likeness (QED) is 0.814. The first kappa shape index (κ1) is 15.5. The van der Waals surface area contributed by atoms with Crippen LogP contribution in [0, 0.1) is 5.82 Å². The zero-order valence-electron chi connectivity index (χ0n) is 10.8. The van der Waals surface area contributed by atoms with Crippen LogP contribution in [-0.4, -0.2) is 40.7 Å². The first-order valence-corrected chi connectivity index (χ1v) is 6.81. The zero-order valence-corrected chi connectivity index (χ0v) is 11.6. The highest BCUT2D eigenvalue weighted by atomic mass is 32.2. The summed E-state index contributed by atoms with van der Waals surface area (Å²) in [6.07, 6.45) is 0.335. The van der Waals surface area contributed by atoms with Crippen LogP contribution in [0.25, 0.3) is 0 Å². The second-order valence-electron chi connectivity index (χ2n) is 3.99. The number of hydrogen-bond donors (Lipinski definition) is 1. The van der Waals surface area contributed by atoms with Gasteiger partial charge in [-0.05, 0) is 18.6 Å². The number of carboxylic acid groups (broad SMARTS) is 1. The van der Waals surface area contributed by atoms with Gasteiger partial charge in [-0.1, -0.05) is 19.1 Å². The number of thioether (sulfide) groups is 1. The number of carbonyl (C=O) groups excluding carboxylic acids is 1. The molecule has 1 atom stereocenters. The van der Waals surface area contributed by atoms with Crippen molar-refractivity contribution in [2.24, 2.45) is 0 Å². The standard InChI is InChI=1S/C13H16FNO3S/c1-3-10(13(17)18)15(2)12(16)8-19-11-7-5-4-6-9(11)14/h4-7,10H,3,8H2,1-2H3,(H,17,18). The fourth-order valence-electron chi connectivity index (χ4n) is 1.59. The Labute approximate surface area is 115 Å². The lowest BCUT2D eigenvalue weighted by molar-refractivity contribution is -0.148. The van der Waals surface area contributed by atoms with Crippen LogP contribution in [-0.2, 0) is 9.59 Å². The Hall–Kier alpha value is -1.56. The first-order chi connectivity index (χ1) is 8.97. The highest BCUT2D eigenvalue weighted by molar-refractivity contribution is 8.00. The molecule has 0 aliphatic heterocycles. The second kappa shape index (κ2) is 7.13. The van der Waals surface area contributed by atoms with Gasteiger partial charge in [-0.15, -0.1) is 11.8 Å². The monoisotopic (exact) mass is 285 g/mol. The second-order valence-corrected chi connectivity index (χ2v) is 5.00. The third-order valence-electron chi connectivity index (χ3n) is 2.72. The Kier molecular flexibility index (Phi) is 5.82. The van der Waals surface area contributed by atoms with Gasteiger partial charge in [0, 0.05) is 11.9 Å². The van der Waals surface area contributed by atoms with Gasteiger partial charge in [0.25, 0.3) is 0 Å². The molecule has 1 rings (SSSR count). The lowest BCUT2D eigenvalue weighted by Crippen LogP contribution is -2.42. The molecule has 0 bridgehead atoms. The molecule has 4 nitrogen and oxygen atoms in total. The van der Waals surface area contributed by atoms with Crippen molar-refractivity contribution >= 4 is 23.6 Å². The maximum atomic E-state index is 13.4. The van der Waals surface area contributed by atoms with Crippen LogP contribution < -0.4 is 0 Å². The lowest BCUT2D eigenvalue weighted by atomic mass is 10.2. The summed E-state index contributed by atoms with van der Waals surface area (Å²) in [5.41, 5.74) is 0. The van der Waals surface area contributed by atoms with Crippen LogP contribution in [0.4, 0.5) is 4.39 Å². The molecule has 1 unspecified atom stereocenters. The summed E-state index contributed by atoms with van der Waals surface area (Å²) >= 11 is 1.06. The molecule has 0 heterocycles. The van der Waals surface area contributed by atoms with Gasteiger partial charge in [0.15, 0.2) is 0 Å². The van der Waals surface area contributed by atoms with Crippen molar-refractivity contribution in [2.75, 3.05) is 12.8 Å². The Bertz CT molecular complexity index is 467. The topological polar surface area (TPSA) is 57.6 Å². The molecule has 104 valence electrons. The lowest BCUT2D eigenvalue weighted by Gasteiger charge is -2.23. The summed E-state index contributed by atoms with van der Waals surface area (Å²) in [6.45, 7) is 1.70. The van der Waals surface area contributed by atoms with E-state index in [1.807, 2.05) is 0 Å². The minimum atomic E-state index is -1.03. The molecule has 0 spiro atoms. The van der Waals surface area contributed by atoms with E-state index in [1.54, 1.807) is 25.1 Å². The highest BCUT2D eigenvalue weighted by Gasteiger charge is 2.24. The summed E-state index contributed by atoms with van der Waals surface area (Å²) in [5, 5.41) is 8.96. The number of nitrogens with zero attached hydrogens (tertiary/aromatic N) is 1. The van der Waals surface area contributed by atoms with E-state index in [-0.39, 0.29) is 17.5 Å². The Balaban J connectivity index is 2.60. The average molecular weight is 285 g/mol. The first-order valence-electron chi connectivity index (χ1n) is 5.83. The number of aliphatic carboxylic acids is 1. The van der Waals surface area contributed by atoms with E-state index in [0.29, 0.717) is 11.3 Å². The maximum Gasteiger partial charge on any atom is 0.326 e. The number of benzene rings is 1. The maximum absolute atomic E-state index is 13.4. The molecule has 1 aromatic rings. The van der Waals surface area contributed by atoms with Gasteiger partial charge in [0.05, 0.1) is 5.75 Å². The Morgan fingerprint density at radius 1 is 1.42 bits per heavy atom. The van der Waals surface area contributed by atoms with Gasteiger partial charge in [0.2, 0.25) is 5.91 Å². The number of likely N-dealkylation sites (N-methyl/N-ethyl adjacent to an activating group) is 1. The number of rotatable bonds is 6. The summed E-state index contributed by atoms with van der Waals surface area (Å²) in [6, 6.07) is 5.33. The van der Waals surface area contributed by atoms with Crippen LogP contribution >= 0.6 is 11.8 Å². The van der Waals surface area contributed by atoms with Gasteiger partial charge in [-0.3, -0.25) is 4.79 Å². The van der Waals surface area contributed by atoms with Crippen molar-refractivity contribution in [1.82, 2.24) is 4.90 Å². The van der Waals surface area contributed by atoms with Crippen LogP contribution in [0.1, 0.15) is 13.3 Å². The minimum Gasteiger partial charge on any atom is -0.480 e. The molecule has 0 aliphatic carbocycles. The summed E-state index contributed by atoms with van der Waals surface area (Å²) in [4.78, 5) is 24.4. The predicted octanol–water partition coefficient (Wildman–Crippen LogP) is 2.24. The van der Waals surface area contributed by atoms with Crippen LogP contribution in [0.5, 0.6) is 0 Å². The largest absolute Gasteiger partial charge is 0.480 e. The number of hydrogen-bond acceptors (Lipinski definition) is 3. The molecule has 0 saturated carbocycles. The molecule has 0 aliphatic rings. The van der Waals surface area contributed by atoms with Crippen molar-refractivity contribution in [3.05, 3.63) is 30.1 Å². The van der Waals surface area contributed by atoms with Crippen molar-refractivity contribution in [3.63, 3.8) is 0 Å². The van der Waals surface area contributed by atoms with E-state index < -0.39 is 12.0 Å². The molecule has 1 amide bonds. The Morgan fingerprint density at radius 2 is 2.05 bits per heavy atom.